The molecule has 0 saturated carbocycles. The Balaban J connectivity index is 1.76. The molecule has 0 fully saturated rings. The van der Waals surface area contributed by atoms with E-state index in [2.05, 4.69) is 20.6 Å². The van der Waals surface area contributed by atoms with Crippen LogP contribution in [0.3, 0.4) is 0 Å². The van der Waals surface area contributed by atoms with Crippen LogP contribution in [0.25, 0.3) is 0 Å². The van der Waals surface area contributed by atoms with Gasteiger partial charge < -0.3 is 0 Å². The summed E-state index contributed by atoms with van der Waals surface area (Å²) < 4.78 is 2.06. The lowest BCUT2D eigenvalue weighted by molar-refractivity contribution is 0.102. The fourth-order valence-electron chi connectivity index (χ4n) is 2.04. The summed E-state index contributed by atoms with van der Waals surface area (Å²) in [6.07, 6.45) is 0. The SMILES string of the molecule is CCSc1nnc(NC(=O)c2ccc(=O)n(Cc3ccccc3)n2)s1. The lowest BCUT2D eigenvalue weighted by Crippen LogP contribution is -2.26. The number of anilines is 1. The van der Waals surface area contributed by atoms with E-state index in [0.29, 0.717) is 11.7 Å². The van der Waals surface area contributed by atoms with E-state index in [9.17, 15) is 9.59 Å². The van der Waals surface area contributed by atoms with Crippen LogP contribution >= 0.6 is 23.1 Å². The third kappa shape index (κ3) is 4.52. The van der Waals surface area contributed by atoms with Gasteiger partial charge >= 0.3 is 0 Å². The molecule has 1 N–H and O–H groups in total. The smallest absolute Gasteiger partial charge is 0.277 e. The van der Waals surface area contributed by atoms with Crippen molar-refractivity contribution in [3.05, 3.63) is 64.1 Å². The third-order valence-corrected chi connectivity index (χ3v) is 5.02. The number of hydrogen-bond donors (Lipinski definition) is 1. The zero-order chi connectivity index (χ0) is 17.6. The average molecular weight is 373 g/mol. The maximum absolute atomic E-state index is 12.3. The predicted octanol–water partition coefficient (Wildman–Crippen LogP) is 2.51. The van der Waals surface area contributed by atoms with Crippen LogP contribution < -0.4 is 10.9 Å². The molecule has 9 heteroatoms. The quantitative estimate of drug-likeness (QED) is 0.527. The molecular formula is C16H15N5O2S2. The second kappa shape index (κ2) is 8.04. The maximum Gasteiger partial charge on any atom is 0.277 e. The minimum Gasteiger partial charge on any atom is -0.295 e. The largest absolute Gasteiger partial charge is 0.295 e. The molecule has 0 radical (unpaired) electrons. The molecule has 1 amide bonds. The molecular weight excluding hydrogens is 358 g/mol. The number of benzene rings is 1. The van der Waals surface area contributed by atoms with Crippen LogP contribution in [0.1, 0.15) is 23.0 Å². The summed E-state index contributed by atoms with van der Waals surface area (Å²) >= 11 is 2.86. The van der Waals surface area contributed by atoms with Gasteiger partial charge in [0.1, 0.15) is 5.69 Å². The molecule has 0 aliphatic carbocycles. The monoisotopic (exact) mass is 373 g/mol. The standard InChI is InChI=1S/C16H15N5O2S2/c1-2-24-16-19-18-15(25-16)17-14(23)12-8-9-13(22)21(20-12)10-11-6-4-3-5-7-11/h3-9H,2,10H2,1H3,(H,17,18,23). The fourth-order valence-corrected chi connectivity index (χ4v) is 3.69. The molecule has 0 saturated heterocycles. The molecule has 2 aromatic heterocycles. The van der Waals surface area contributed by atoms with Gasteiger partial charge in [-0.05, 0) is 17.4 Å². The summed E-state index contributed by atoms with van der Waals surface area (Å²) in [5.74, 6) is 0.459. The molecule has 0 aliphatic rings. The molecule has 3 rings (SSSR count). The first-order chi connectivity index (χ1) is 12.2. The number of aromatic nitrogens is 4. The topological polar surface area (TPSA) is 89.8 Å². The lowest BCUT2D eigenvalue weighted by atomic mass is 10.2. The van der Waals surface area contributed by atoms with Gasteiger partial charge in [0.05, 0.1) is 6.54 Å². The van der Waals surface area contributed by atoms with Gasteiger partial charge in [-0.15, -0.1) is 10.2 Å². The minimum atomic E-state index is -0.425. The van der Waals surface area contributed by atoms with Gasteiger partial charge in [0.15, 0.2) is 4.34 Å². The Morgan fingerprint density at radius 1 is 1.20 bits per heavy atom. The van der Waals surface area contributed by atoms with E-state index in [4.69, 9.17) is 0 Å². The zero-order valence-electron chi connectivity index (χ0n) is 13.4. The molecule has 0 bridgehead atoms. The van der Waals surface area contributed by atoms with Crippen LogP contribution in [0.2, 0.25) is 0 Å². The van der Waals surface area contributed by atoms with E-state index in [1.165, 1.54) is 28.2 Å². The van der Waals surface area contributed by atoms with Gasteiger partial charge in [-0.2, -0.15) is 5.10 Å². The normalized spacial score (nSPS) is 10.6. The number of carbonyl (C=O) groups excluding carboxylic acids is 1. The summed E-state index contributed by atoms with van der Waals surface area (Å²) in [6.45, 7) is 2.32. The molecule has 128 valence electrons. The first-order valence-electron chi connectivity index (χ1n) is 7.55. The second-order valence-corrected chi connectivity index (χ2v) is 7.45. The summed E-state index contributed by atoms with van der Waals surface area (Å²) in [4.78, 5) is 24.3. The summed E-state index contributed by atoms with van der Waals surface area (Å²) in [7, 11) is 0. The van der Waals surface area contributed by atoms with Crippen molar-refractivity contribution in [3.63, 3.8) is 0 Å². The fraction of sp³-hybridized carbons (Fsp3) is 0.188. The van der Waals surface area contributed by atoms with Crippen molar-refractivity contribution in [2.45, 2.75) is 17.8 Å². The average Bonchev–Trinajstić information content (AvgIpc) is 3.05. The molecule has 2 heterocycles. The van der Waals surface area contributed by atoms with Crippen molar-refractivity contribution in [1.82, 2.24) is 20.0 Å². The number of nitrogens with one attached hydrogen (secondary N) is 1. The Morgan fingerprint density at radius 3 is 2.76 bits per heavy atom. The van der Waals surface area contributed by atoms with E-state index < -0.39 is 5.91 Å². The number of thioether (sulfide) groups is 1. The highest BCUT2D eigenvalue weighted by Gasteiger charge is 2.13. The molecule has 3 aromatic rings. The van der Waals surface area contributed by atoms with Gasteiger partial charge in [0.25, 0.3) is 11.5 Å². The molecule has 0 unspecified atom stereocenters. The van der Waals surface area contributed by atoms with Gasteiger partial charge in [0, 0.05) is 6.07 Å². The first kappa shape index (κ1) is 17.3. The highest BCUT2D eigenvalue weighted by molar-refractivity contribution is 8.01. The van der Waals surface area contributed by atoms with E-state index >= 15 is 0 Å². The van der Waals surface area contributed by atoms with Crippen LogP contribution in [0.15, 0.2) is 51.6 Å². The molecule has 1 aromatic carbocycles. The van der Waals surface area contributed by atoms with E-state index in [0.717, 1.165) is 15.7 Å². The number of nitrogens with zero attached hydrogens (tertiary/aromatic N) is 4. The van der Waals surface area contributed by atoms with Crippen molar-refractivity contribution in [1.29, 1.82) is 0 Å². The third-order valence-electron chi connectivity index (χ3n) is 3.17. The van der Waals surface area contributed by atoms with Gasteiger partial charge in [-0.1, -0.05) is 60.4 Å². The maximum atomic E-state index is 12.3. The molecule has 7 nitrogen and oxygen atoms in total. The zero-order valence-corrected chi connectivity index (χ0v) is 15.0. The van der Waals surface area contributed by atoms with E-state index in [-0.39, 0.29) is 11.3 Å². The molecule has 0 aliphatic heterocycles. The second-order valence-electron chi connectivity index (χ2n) is 4.96. The van der Waals surface area contributed by atoms with Crippen molar-refractivity contribution in [2.75, 3.05) is 11.1 Å². The number of hydrogen-bond acceptors (Lipinski definition) is 7. The minimum absolute atomic E-state index is 0.149. The van der Waals surface area contributed by atoms with Gasteiger partial charge in [-0.25, -0.2) is 4.68 Å². The van der Waals surface area contributed by atoms with Crippen molar-refractivity contribution < 1.29 is 4.79 Å². The number of amides is 1. The first-order valence-corrected chi connectivity index (χ1v) is 9.35. The van der Waals surface area contributed by atoms with Crippen LogP contribution in [-0.2, 0) is 6.54 Å². The van der Waals surface area contributed by atoms with Gasteiger partial charge in [0.2, 0.25) is 5.13 Å². The molecule has 0 atom stereocenters. The highest BCUT2D eigenvalue weighted by Crippen LogP contribution is 2.25. The summed E-state index contributed by atoms with van der Waals surface area (Å²) in [6, 6.07) is 12.2. The predicted molar refractivity (Wildman–Crippen MR) is 98.3 cm³/mol. The van der Waals surface area contributed by atoms with E-state index in [1.807, 2.05) is 37.3 Å². The number of rotatable bonds is 6. The van der Waals surface area contributed by atoms with Crippen LogP contribution in [0.4, 0.5) is 5.13 Å². The van der Waals surface area contributed by atoms with Crippen molar-refractivity contribution >= 4 is 34.1 Å². The Hall–Kier alpha value is -2.52. The Morgan fingerprint density at radius 2 is 2.00 bits per heavy atom. The van der Waals surface area contributed by atoms with Crippen molar-refractivity contribution in [3.8, 4) is 0 Å². The molecule has 25 heavy (non-hydrogen) atoms. The molecule has 0 spiro atoms. The van der Waals surface area contributed by atoms with E-state index in [1.54, 1.807) is 11.8 Å². The number of carbonyl (C=O) groups is 1. The summed E-state index contributed by atoms with van der Waals surface area (Å²) in [5.41, 5.74) is 0.813. The van der Waals surface area contributed by atoms with Crippen molar-refractivity contribution in [2.24, 2.45) is 0 Å². The Labute approximate surface area is 152 Å². The van der Waals surface area contributed by atoms with Crippen LogP contribution in [0.5, 0.6) is 0 Å². The lowest BCUT2D eigenvalue weighted by Gasteiger charge is -2.06. The summed E-state index contributed by atoms with van der Waals surface area (Å²) in [5, 5.41) is 15.1. The van der Waals surface area contributed by atoms with Gasteiger partial charge in [-0.3, -0.25) is 14.9 Å². The Bertz CT molecular complexity index is 924. The van der Waals surface area contributed by atoms with Crippen LogP contribution in [-0.4, -0.2) is 31.6 Å². The highest BCUT2D eigenvalue weighted by atomic mass is 32.2. The Kier molecular flexibility index (Phi) is 5.56. The van der Waals surface area contributed by atoms with Crippen LogP contribution in [0, 0.1) is 0 Å².